The fraction of sp³-hybridized carbons (Fsp3) is 0.357. The lowest BCUT2D eigenvalue weighted by Crippen LogP contribution is -2.11. The molecule has 2 aromatic rings. The number of nitrogens with one attached hydrogen (secondary N) is 1. The quantitative estimate of drug-likeness (QED) is 0.919. The van der Waals surface area contributed by atoms with Gasteiger partial charge in [-0.25, -0.2) is 0 Å². The molecule has 0 atom stereocenters. The number of aryl methyl sites for hydroxylation is 1. The van der Waals surface area contributed by atoms with E-state index in [1.54, 1.807) is 0 Å². The lowest BCUT2D eigenvalue weighted by Gasteiger charge is -2.04. The van der Waals surface area contributed by atoms with E-state index in [4.69, 9.17) is 11.6 Å². The van der Waals surface area contributed by atoms with Gasteiger partial charge in [0.2, 0.25) is 0 Å². The number of hydrogen-bond acceptors (Lipinski definition) is 2. The summed E-state index contributed by atoms with van der Waals surface area (Å²) in [6.45, 7) is 3.07. The van der Waals surface area contributed by atoms with Crippen LogP contribution in [0.3, 0.4) is 0 Å². The molecule has 1 heterocycles. The molecule has 0 fully saturated rings. The first-order valence-corrected chi connectivity index (χ1v) is 6.44. The second-order valence-corrected chi connectivity index (χ2v) is 4.84. The van der Waals surface area contributed by atoms with Gasteiger partial charge in [-0.1, -0.05) is 23.7 Å². The predicted molar refractivity (Wildman–Crippen MR) is 76.0 cm³/mol. The van der Waals surface area contributed by atoms with Crippen LogP contribution in [0.2, 0.25) is 5.02 Å². The molecule has 0 aliphatic heterocycles. The molecule has 0 radical (unpaired) electrons. The van der Waals surface area contributed by atoms with Crippen LogP contribution in [0.25, 0.3) is 11.3 Å². The summed E-state index contributed by atoms with van der Waals surface area (Å²) in [6, 6.07) is 7.90. The molecular weight excluding hydrogens is 246 g/mol. The van der Waals surface area contributed by atoms with Gasteiger partial charge in [-0.15, -0.1) is 0 Å². The van der Waals surface area contributed by atoms with Crippen LogP contribution in [-0.4, -0.2) is 23.4 Å². The van der Waals surface area contributed by atoms with Gasteiger partial charge in [-0.2, -0.15) is 5.10 Å². The summed E-state index contributed by atoms with van der Waals surface area (Å²) in [6.07, 6.45) is 0.948. The predicted octanol–water partition coefficient (Wildman–Crippen LogP) is 2.81. The third-order valence-corrected chi connectivity index (χ3v) is 3.36. The first kappa shape index (κ1) is 13.1. The van der Waals surface area contributed by atoms with Crippen LogP contribution < -0.4 is 5.32 Å². The van der Waals surface area contributed by atoms with Crippen LogP contribution in [0.4, 0.5) is 0 Å². The molecule has 4 heteroatoms. The van der Waals surface area contributed by atoms with Gasteiger partial charge in [0, 0.05) is 30.6 Å². The van der Waals surface area contributed by atoms with Crippen molar-refractivity contribution in [2.24, 2.45) is 7.05 Å². The van der Waals surface area contributed by atoms with Crippen LogP contribution >= 0.6 is 11.6 Å². The maximum Gasteiger partial charge on any atom is 0.0711 e. The van der Waals surface area contributed by atoms with E-state index >= 15 is 0 Å². The average Bonchev–Trinajstić information content (AvgIpc) is 2.63. The van der Waals surface area contributed by atoms with E-state index in [1.165, 1.54) is 5.56 Å². The van der Waals surface area contributed by atoms with Gasteiger partial charge in [0.25, 0.3) is 0 Å². The van der Waals surface area contributed by atoms with Crippen LogP contribution in [0.1, 0.15) is 11.3 Å². The van der Waals surface area contributed by atoms with Crippen molar-refractivity contribution in [3.63, 3.8) is 0 Å². The molecule has 0 amide bonds. The molecule has 0 unspecified atom stereocenters. The monoisotopic (exact) mass is 263 g/mol. The lowest BCUT2D eigenvalue weighted by molar-refractivity contribution is 0.720. The summed E-state index contributed by atoms with van der Waals surface area (Å²) in [5.41, 5.74) is 4.72. The molecule has 0 aliphatic rings. The van der Waals surface area contributed by atoms with E-state index < -0.39 is 0 Å². The number of rotatable bonds is 4. The molecule has 96 valence electrons. The highest BCUT2D eigenvalue weighted by Gasteiger charge is 2.13. The summed E-state index contributed by atoms with van der Waals surface area (Å²) in [5.74, 6) is 0. The van der Waals surface area contributed by atoms with E-state index in [0.29, 0.717) is 0 Å². The van der Waals surface area contributed by atoms with Crippen molar-refractivity contribution in [2.75, 3.05) is 13.6 Å². The molecular formula is C14H18ClN3. The fourth-order valence-corrected chi connectivity index (χ4v) is 2.30. The van der Waals surface area contributed by atoms with Gasteiger partial charge in [0.05, 0.1) is 11.4 Å². The average molecular weight is 264 g/mol. The molecule has 0 bridgehead atoms. The highest BCUT2D eigenvalue weighted by molar-refractivity contribution is 6.30. The summed E-state index contributed by atoms with van der Waals surface area (Å²) in [7, 11) is 3.94. The van der Waals surface area contributed by atoms with Crippen molar-refractivity contribution in [1.29, 1.82) is 0 Å². The minimum absolute atomic E-state index is 0.758. The van der Waals surface area contributed by atoms with Crippen LogP contribution in [-0.2, 0) is 13.5 Å². The Kier molecular flexibility index (Phi) is 4.04. The van der Waals surface area contributed by atoms with E-state index in [2.05, 4.69) is 17.3 Å². The van der Waals surface area contributed by atoms with E-state index in [1.807, 2.05) is 43.0 Å². The summed E-state index contributed by atoms with van der Waals surface area (Å²) in [4.78, 5) is 0. The maximum atomic E-state index is 5.92. The highest BCUT2D eigenvalue weighted by atomic mass is 35.5. The smallest absolute Gasteiger partial charge is 0.0711 e. The maximum absolute atomic E-state index is 5.92. The molecule has 0 saturated carbocycles. The first-order chi connectivity index (χ1) is 8.63. The van der Waals surface area contributed by atoms with E-state index in [0.717, 1.165) is 34.9 Å². The van der Waals surface area contributed by atoms with Crippen LogP contribution in [0, 0.1) is 6.92 Å². The third-order valence-electron chi connectivity index (χ3n) is 3.11. The number of aromatic nitrogens is 2. The molecule has 0 saturated heterocycles. The zero-order valence-electron chi connectivity index (χ0n) is 11.0. The molecule has 1 aromatic carbocycles. The van der Waals surface area contributed by atoms with Crippen molar-refractivity contribution in [3.05, 3.63) is 40.5 Å². The Hall–Kier alpha value is -1.32. The van der Waals surface area contributed by atoms with Crippen LogP contribution in [0.15, 0.2) is 24.3 Å². The third kappa shape index (κ3) is 2.57. The fourth-order valence-electron chi connectivity index (χ4n) is 2.18. The van der Waals surface area contributed by atoms with Crippen molar-refractivity contribution in [2.45, 2.75) is 13.3 Å². The Balaban J connectivity index is 2.38. The van der Waals surface area contributed by atoms with Crippen LogP contribution in [0.5, 0.6) is 0 Å². The van der Waals surface area contributed by atoms with Gasteiger partial charge < -0.3 is 5.32 Å². The first-order valence-electron chi connectivity index (χ1n) is 6.06. The summed E-state index contributed by atoms with van der Waals surface area (Å²) in [5, 5.41) is 8.50. The topological polar surface area (TPSA) is 29.9 Å². The van der Waals surface area contributed by atoms with Crippen molar-refractivity contribution in [1.82, 2.24) is 15.1 Å². The Morgan fingerprint density at radius 2 is 1.94 bits per heavy atom. The minimum atomic E-state index is 0.758. The highest BCUT2D eigenvalue weighted by Crippen LogP contribution is 2.26. The second-order valence-electron chi connectivity index (χ2n) is 4.40. The molecule has 0 spiro atoms. The molecule has 3 nitrogen and oxygen atoms in total. The SMILES string of the molecule is CNCCc1nn(C)c(-c2ccc(Cl)cc2)c1C. The number of likely N-dealkylation sites (N-methyl/N-ethyl adjacent to an activating group) is 1. The van der Waals surface area contributed by atoms with Gasteiger partial charge in [-0.3, -0.25) is 4.68 Å². The number of hydrogen-bond donors (Lipinski definition) is 1. The largest absolute Gasteiger partial charge is 0.319 e. The van der Waals surface area contributed by atoms with Gasteiger partial charge in [0.1, 0.15) is 0 Å². The zero-order chi connectivity index (χ0) is 13.1. The van der Waals surface area contributed by atoms with Crippen molar-refractivity contribution >= 4 is 11.6 Å². The second kappa shape index (κ2) is 5.55. The molecule has 1 N–H and O–H groups in total. The number of nitrogens with zero attached hydrogens (tertiary/aromatic N) is 2. The number of halogens is 1. The van der Waals surface area contributed by atoms with Crippen molar-refractivity contribution < 1.29 is 0 Å². The molecule has 18 heavy (non-hydrogen) atoms. The van der Waals surface area contributed by atoms with Gasteiger partial charge in [0.15, 0.2) is 0 Å². The van der Waals surface area contributed by atoms with E-state index in [-0.39, 0.29) is 0 Å². The summed E-state index contributed by atoms with van der Waals surface area (Å²) >= 11 is 5.92. The van der Waals surface area contributed by atoms with E-state index in [9.17, 15) is 0 Å². The van der Waals surface area contributed by atoms with Gasteiger partial charge >= 0.3 is 0 Å². The Labute approximate surface area is 113 Å². The Morgan fingerprint density at radius 3 is 2.56 bits per heavy atom. The van der Waals surface area contributed by atoms with Crippen molar-refractivity contribution in [3.8, 4) is 11.3 Å². The molecule has 2 rings (SSSR count). The normalized spacial score (nSPS) is 10.9. The zero-order valence-corrected chi connectivity index (χ0v) is 11.8. The number of benzene rings is 1. The summed E-state index contributed by atoms with van der Waals surface area (Å²) < 4.78 is 1.95. The standard InChI is InChI=1S/C14H18ClN3/c1-10-13(8-9-16-2)17-18(3)14(10)11-4-6-12(15)7-5-11/h4-7,16H,8-9H2,1-3H3. The molecule has 1 aromatic heterocycles. The van der Waals surface area contributed by atoms with Gasteiger partial charge in [-0.05, 0) is 31.7 Å². The molecule has 0 aliphatic carbocycles. The Morgan fingerprint density at radius 1 is 1.28 bits per heavy atom. The lowest BCUT2D eigenvalue weighted by atomic mass is 10.1. The minimum Gasteiger partial charge on any atom is -0.319 e. The Bertz CT molecular complexity index is 529.